The van der Waals surface area contributed by atoms with Gasteiger partial charge < -0.3 is 9.92 Å². The van der Waals surface area contributed by atoms with E-state index in [1.54, 1.807) is 18.2 Å². The Balaban J connectivity index is 2.25. The number of nitrogens with zero attached hydrogens (tertiary/aromatic N) is 2. The van der Waals surface area contributed by atoms with E-state index in [9.17, 15) is 13.2 Å². The van der Waals surface area contributed by atoms with Crippen LogP contribution in [0.1, 0.15) is 6.92 Å². The monoisotopic (exact) mass is 310 g/mol. The van der Waals surface area contributed by atoms with Crippen LogP contribution in [-0.2, 0) is 19.1 Å². The summed E-state index contributed by atoms with van der Waals surface area (Å²) in [4.78, 5) is 14.8. The molecule has 0 aliphatic carbocycles. The van der Waals surface area contributed by atoms with Crippen molar-refractivity contribution in [3.05, 3.63) is 42.0 Å². The maximum Gasteiger partial charge on any atom is 0.340 e. The molecule has 0 fully saturated rings. The SMILES string of the molecule is CC(=O)NN1CC=NC(OS(=O)(=O)c2ccccc2)=C1N. The number of aliphatic imine (C=N–C) groups is 1. The van der Waals surface area contributed by atoms with Crippen molar-refractivity contribution in [1.29, 1.82) is 0 Å². The van der Waals surface area contributed by atoms with Crippen LogP contribution < -0.4 is 11.2 Å². The van der Waals surface area contributed by atoms with Gasteiger partial charge in [-0.05, 0) is 12.1 Å². The molecule has 0 bridgehead atoms. The molecule has 3 N–H and O–H groups in total. The molecule has 2 rings (SSSR count). The number of carbonyl (C=O) groups is 1. The maximum atomic E-state index is 12.1. The van der Waals surface area contributed by atoms with Gasteiger partial charge in [-0.3, -0.25) is 15.2 Å². The lowest BCUT2D eigenvalue weighted by atomic mass is 10.4. The molecule has 0 unspecified atom stereocenters. The van der Waals surface area contributed by atoms with E-state index in [4.69, 9.17) is 9.92 Å². The zero-order chi connectivity index (χ0) is 15.5. The first kappa shape index (κ1) is 14.9. The third kappa shape index (κ3) is 3.51. The molecule has 9 heteroatoms. The van der Waals surface area contributed by atoms with Crippen LogP contribution in [0.5, 0.6) is 0 Å². The molecule has 0 radical (unpaired) electrons. The summed E-state index contributed by atoms with van der Waals surface area (Å²) in [5.41, 5.74) is 8.18. The van der Waals surface area contributed by atoms with Crippen LogP contribution in [0.4, 0.5) is 0 Å². The lowest BCUT2D eigenvalue weighted by Crippen LogP contribution is -2.46. The Hall–Kier alpha value is -2.55. The minimum absolute atomic E-state index is 0.0165. The van der Waals surface area contributed by atoms with Crippen molar-refractivity contribution in [2.24, 2.45) is 10.7 Å². The standard InChI is InChI=1S/C12H14N4O4S/c1-9(17)15-16-8-7-14-12(11(16)13)20-21(18,19)10-5-3-2-4-6-10/h2-7H,8,13H2,1H3,(H,15,17). The number of benzene rings is 1. The van der Waals surface area contributed by atoms with Crippen molar-refractivity contribution < 1.29 is 17.4 Å². The summed E-state index contributed by atoms with van der Waals surface area (Å²) in [6.45, 7) is 1.52. The van der Waals surface area contributed by atoms with Crippen LogP contribution in [0.3, 0.4) is 0 Å². The molecule has 0 spiro atoms. The number of hydrogen-bond acceptors (Lipinski definition) is 7. The molecule has 0 saturated heterocycles. The fraction of sp³-hybridized carbons (Fsp3) is 0.167. The number of carbonyl (C=O) groups excluding carboxylic acids is 1. The van der Waals surface area contributed by atoms with Gasteiger partial charge in [0.2, 0.25) is 5.91 Å². The second-order valence-corrected chi connectivity index (χ2v) is 5.68. The van der Waals surface area contributed by atoms with Gasteiger partial charge in [0.15, 0.2) is 5.82 Å². The molecule has 8 nitrogen and oxygen atoms in total. The molecule has 1 aromatic rings. The van der Waals surface area contributed by atoms with Gasteiger partial charge in [-0.1, -0.05) is 18.2 Å². The number of rotatable bonds is 4. The highest BCUT2D eigenvalue weighted by Gasteiger charge is 2.23. The summed E-state index contributed by atoms with van der Waals surface area (Å²) in [6.07, 6.45) is 1.38. The number of nitrogens with two attached hydrogens (primary N) is 1. The van der Waals surface area contributed by atoms with Crippen molar-refractivity contribution in [1.82, 2.24) is 10.4 Å². The fourth-order valence-corrected chi connectivity index (χ4v) is 2.51. The number of nitrogens with one attached hydrogen (secondary N) is 1. The minimum atomic E-state index is -4.04. The lowest BCUT2D eigenvalue weighted by Gasteiger charge is -2.26. The van der Waals surface area contributed by atoms with Crippen molar-refractivity contribution in [2.45, 2.75) is 11.8 Å². The molecular weight excluding hydrogens is 296 g/mol. The number of amides is 1. The van der Waals surface area contributed by atoms with E-state index in [-0.39, 0.29) is 29.1 Å². The van der Waals surface area contributed by atoms with E-state index in [1.807, 2.05) is 0 Å². The van der Waals surface area contributed by atoms with E-state index >= 15 is 0 Å². The molecule has 1 heterocycles. The second kappa shape index (κ2) is 5.83. The maximum absolute atomic E-state index is 12.1. The van der Waals surface area contributed by atoms with Gasteiger partial charge in [-0.15, -0.1) is 0 Å². The van der Waals surface area contributed by atoms with Crippen molar-refractivity contribution in [3.63, 3.8) is 0 Å². The van der Waals surface area contributed by atoms with Crippen LogP contribution in [0.15, 0.2) is 51.9 Å². The van der Waals surface area contributed by atoms with Crippen LogP contribution in [0, 0.1) is 0 Å². The summed E-state index contributed by atoms with van der Waals surface area (Å²) in [7, 11) is -4.04. The minimum Gasteiger partial charge on any atom is -0.379 e. The fourth-order valence-electron chi connectivity index (χ4n) is 1.58. The van der Waals surface area contributed by atoms with Gasteiger partial charge >= 0.3 is 10.1 Å². The van der Waals surface area contributed by atoms with Gasteiger partial charge in [-0.25, -0.2) is 4.99 Å². The second-order valence-electron chi connectivity index (χ2n) is 4.13. The zero-order valence-electron chi connectivity index (χ0n) is 11.2. The van der Waals surface area contributed by atoms with E-state index in [2.05, 4.69) is 10.4 Å². The van der Waals surface area contributed by atoms with Gasteiger partial charge in [0, 0.05) is 13.1 Å². The van der Waals surface area contributed by atoms with Gasteiger partial charge in [0.25, 0.3) is 5.88 Å². The normalized spacial score (nSPS) is 15.0. The highest BCUT2D eigenvalue weighted by atomic mass is 32.2. The van der Waals surface area contributed by atoms with E-state index in [0.717, 1.165) is 0 Å². The molecule has 1 aliphatic rings. The van der Waals surface area contributed by atoms with Gasteiger partial charge in [0.05, 0.1) is 6.54 Å². The Bertz CT molecular complexity index is 697. The Morgan fingerprint density at radius 3 is 2.67 bits per heavy atom. The lowest BCUT2D eigenvalue weighted by molar-refractivity contribution is -0.122. The van der Waals surface area contributed by atoms with E-state index in [0.29, 0.717) is 0 Å². The third-order valence-electron chi connectivity index (χ3n) is 2.50. The van der Waals surface area contributed by atoms with Crippen LogP contribution >= 0.6 is 0 Å². The topological polar surface area (TPSA) is 114 Å². The first-order valence-corrected chi connectivity index (χ1v) is 7.37. The first-order valence-electron chi connectivity index (χ1n) is 5.97. The average molecular weight is 310 g/mol. The Kier molecular flexibility index (Phi) is 4.13. The Morgan fingerprint density at radius 1 is 1.38 bits per heavy atom. The predicted molar refractivity (Wildman–Crippen MR) is 74.9 cm³/mol. The smallest absolute Gasteiger partial charge is 0.340 e. The van der Waals surface area contributed by atoms with Crippen molar-refractivity contribution in [3.8, 4) is 0 Å². The Labute approximate surface area is 122 Å². The largest absolute Gasteiger partial charge is 0.379 e. The third-order valence-corrected chi connectivity index (χ3v) is 3.72. The number of hydrogen-bond donors (Lipinski definition) is 2. The Morgan fingerprint density at radius 2 is 2.05 bits per heavy atom. The first-order chi connectivity index (χ1) is 9.90. The van der Waals surface area contributed by atoms with Gasteiger partial charge in [0.1, 0.15) is 4.90 Å². The molecule has 0 atom stereocenters. The summed E-state index contributed by atoms with van der Waals surface area (Å²) >= 11 is 0. The number of hydrazine groups is 1. The average Bonchev–Trinajstić information content (AvgIpc) is 2.44. The molecule has 1 amide bonds. The van der Waals surface area contributed by atoms with Crippen LogP contribution in [-0.4, -0.2) is 32.1 Å². The van der Waals surface area contributed by atoms with Crippen LogP contribution in [0.25, 0.3) is 0 Å². The zero-order valence-corrected chi connectivity index (χ0v) is 12.0. The summed E-state index contributed by atoms with van der Waals surface area (Å²) in [5, 5.41) is 1.24. The van der Waals surface area contributed by atoms with Crippen molar-refractivity contribution >= 4 is 22.2 Å². The summed E-state index contributed by atoms with van der Waals surface area (Å²) in [5.74, 6) is -0.732. The summed E-state index contributed by atoms with van der Waals surface area (Å²) in [6, 6.07) is 7.61. The molecule has 112 valence electrons. The molecule has 1 aliphatic heterocycles. The van der Waals surface area contributed by atoms with E-state index in [1.165, 1.54) is 30.3 Å². The molecule has 21 heavy (non-hydrogen) atoms. The molecular formula is C12H14N4O4S. The molecule has 1 aromatic carbocycles. The van der Waals surface area contributed by atoms with E-state index < -0.39 is 10.1 Å². The van der Waals surface area contributed by atoms with Gasteiger partial charge in [-0.2, -0.15) is 8.42 Å². The highest BCUT2D eigenvalue weighted by Crippen LogP contribution is 2.19. The molecule has 0 saturated carbocycles. The quantitative estimate of drug-likeness (QED) is 0.752. The van der Waals surface area contributed by atoms with Crippen molar-refractivity contribution in [2.75, 3.05) is 6.54 Å². The van der Waals surface area contributed by atoms with Crippen LogP contribution in [0.2, 0.25) is 0 Å². The highest BCUT2D eigenvalue weighted by molar-refractivity contribution is 7.86. The summed E-state index contributed by atoms with van der Waals surface area (Å²) < 4.78 is 29.1. The predicted octanol–water partition coefficient (Wildman–Crippen LogP) is -0.0853. The molecule has 0 aromatic heterocycles.